The third-order valence-corrected chi connectivity index (χ3v) is 5.14. The van der Waals surface area contributed by atoms with Crippen molar-refractivity contribution >= 4 is 21.4 Å². The first-order valence-corrected chi connectivity index (χ1v) is 8.15. The predicted octanol–water partition coefficient (Wildman–Crippen LogP) is 4.19. The van der Waals surface area contributed by atoms with Gasteiger partial charge >= 0.3 is 0 Å². The molecule has 0 aliphatic heterocycles. The van der Waals surface area contributed by atoms with E-state index < -0.39 is 9.84 Å². The van der Waals surface area contributed by atoms with E-state index in [9.17, 15) is 8.42 Å². The molecule has 4 heteroatoms. The fourth-order valence-corrected chi connectivity index (χ4v) is 3.49. The van der Waals surface area contributed by atoms with Crippen LogP contribution in [0.3, 0.4) is 0 Å². The third kappa shape index (κ3) is 3.17. The molecular formula is C15H15ClO2S. The Morgan fingerprint density at radius 2 is 1.63 bits per heavy atom. The minimum absolute atomic E-state index is 0.179. The Morgan fingerprint density at radius 1 is 1.00 bits per heavy atom. The molecule has 0 N–H and O–H groups in total. The molecule has 0 bridgehead atoms. The summed E-state index contributed by atoms with van der Waals surface area (Å²) in [4.78, 5) is 0.366. The second-order valence-corrected chi connectivity index (χ2v) is 6.84. The fraction of sp³-hybridized carbons (Fsp3) is 0.200. The molecule has 0 aliphatic carbocycles. The van der Waals surface area contributed by atoms with Crippen molar-refractivity contribution in [3.63, 3.8) is 0 Å². The quantitative estimate of drug-likeness (QED) is 0.847. The van der Waals surface area contributed by atoms with Crippen molar-refractivity contribution in [3.05, 3.63) is 53.6 Å². The van der Waals surface area contributed by atoms with Crippen molar-refractivity contribution in [3.8, 4) is 11.1 Å². The molecule has 0 radical (unpaired) electrons. The van der Waals surface area contributed by atoms with Crippen molar-refractivity contribution in [1.82, 2.24) is 0 Å². The van der Waals surface area contributed by atoms with E-state index in [4.69, 9.17) is 11.6 Å². The molecule has 19 heavy (non-hydrogen) atoms. The molecule has 2 nitrogen and oxygen atoms in total. The summed E-state index contributed by atoms with van der Waals surface area (Å²) in [5.74, 6) is 0.179. The van der Waals surface area contributed by atoms with Gasteiger partial charge in [-0.25, -0.2) is 8.42 Å². The van der Waals surface area contributed by atoms with Gasteiger partial charge in [-0.15, -0.1) is 0 Å². The summed E-state index contributed by atoms with van der Waals surface area (Å²) in [7, 11) is -3.15. The van der Waals surface area contributed by atoms with E-state index in [1.165, 1.54) is 0 Å². The van der Waals surface area contributed by atoms with Gasteiger partial charge in [-0.1, -0.05) is 48.9 Å². The maximum Gasteiger partial charge on any atom is 0.178 e. The molecule has 0 aromatic heterocycles. The molecular weight excluding hydrogens is 280 g/mol. The Hall–Kier alpha value is -1.32. The topological polar surface area (TPSA) is 34.1 Å². The van der Waals surface area contributed by atoms with Crippen LogP contribution in [0.5, 0.6) is 0 Å². The first-order chi connectivity index (χ1) is 9.04. The molecule has 0 unspecified atom stereocenters. The van der Waals surface area contributed by atoms with Crippen LogP contribution in [0.2, 0.25) is 5.02 Å². The lowest BCUT2D eigenvalue weighted by Gasteiger charge is -2.06. The van der Waals surface area contributed by atoms with Crippen LogP contribution < -0.4 is 0 Å². The zero-order valence-electron chi connectivity index (χ0n) is 10.6. The number of rotatable bonds is 4. The second-order valence-electron chi connectivity index (χ2n) is 4.32. The molecule has 100 valence electrons. The minimum atomic E-state index is -3.15. The molecule has 0 atom stereocenters. The molecule has 0 fully saturated rings. The van der Waals surface area contributed by atoms with Crippen molar-refractivity contribution in [1.29, 1.82) is 0 Å². The fourth-order valence-electron chi connectivity index (χ4n) is 1.92. The highest BCUT2D eigenvalue weighted by atomic mass is 35.5. The highest BCUT2D eigenvalue weighted by Gasteiger charge is 2.13. The van der Waals surface area contributed by atoms with Gasteiger partial charge in [0.2, 0.25) is 0 Å². The van der Waals surface area contributed by atoms with Crippen LogP contribution in [0, 0.1) is 0 Å². The third-order valence-electron chi connectivity index (χ3n) is 2.87. The highest BCUT2D eigenvalue weighted by Crippen LogP contribution is 2.28. The Labute approximate surface area is 119 Å². The van der Waals surface area contributed by atoms with Gasteiger partial charge in [-0.05, 0) is 30.2 Å². The summed E-state index contributed by atoms with van der Waals surface area (Å²) in [6, 6.07) is 14.4. The molecule has 0 heterocycles. The Bertz CT molecular complexity index is 661. The average molecular weight is 295 g/mol. The number of hydrogen-bond donors (Lipinski definition) is 0. The highest BCUT2D eigenvalue weighted by molar-refractivity contribution is 7.91. The molecule has 2 rings (SSSR count). The predicted molar refractivity (Wildman–Crippen MR) is 79.2 cm³/mol. The van der Waals surface area contributed by atoms with Crippen molar-refractivity contribution in [2.75, 3.05) is 5.75 Å². The molecule has 0 saturated carbocycles. The van der Waals surface area contributed by atoms with Gasteiger partial charge in [0, 0.05) is 10.6 Å². The number of sulfone groups is 1. The van der Waals surface area contributed by atoms with E-state index in [1.807, 2.05) is 31.2 Å². The van der Waals surface area contributed by atoms with Crippen LogP contribution in [-0.4, -0.2) is 14.2 Å². The standard InChI is InChI=1S/C15H15ClO2S/c1-2-11-19(17,18)13-9-7-12(8-10-13)14-5-3-4-6-15(14)16/h3-10H,2,11H2,1H3. The minimum Gasteiger partial charge on any atom is -0.224 e. The molecule has 0 saturated heterocycles. The van der Waals surface area contributed by atoms with Gasteiger partial charge in [-0.2, -0.15) is 0 Å². The molecule has 0 aliphatic rings. The lowest BCUT2D eigenvalue weighted by molar-refractivity contribution is 0.595. The van der Waals surface area contributed by atoms with Crippen LogP contribution >= 0.6 is 11.6 Å². The average Bonchev–Trinajstić information content (AvgIpc) is 2.39. The Kier molecular flexibility index (Phi) is 4.27. The molecule has 0 spiro atoms. The zero-order chi connectivity index (χ0) is 13.9. The van der Waals surface area contributed by atoms with Gasteiger partial charge < -0.3 is 0 Å². The van der Waals surface area contributed by atoms with E-state index in [0.717, 1.165) is 11.1 Å². The second kappa shape index (κ2) is 5.76. The van der Waals surface area contributed by atoms with Gasteiger partial charge in [0.1, 0.15) is 0 Å². The van der Waals surface area contributed by atoms with Crippen molar-refractivity contribution < 1.29 is 8.42 Å². The maximum atomic E-state index is 11.9. The van der Waals surface area contributed by atoms with Crippen LogP contribution in [0.15, 0.2) is 53.4 Å². The smallest absolute Gasteiger partial charge is 0.178 e. The number of hydrogen-bond acceptors (Lipinski definition) is 2. The largest absolute Gasteiger partial charge is 0.224 e. The van der Waals surface area contributed by atoms with Gasteiger partial charge in [0.15, 0.2) is 9.84 Å². The molecule has 2 aromatic rings. The Balaban J connectivity index is 2.37. The van der Waals surface area contributed by atoms with Crippen LogP contribution in [0.4, 0.5) is 0 Å². The van der Waals surface area contributed by atoms with Gasteiger partial charge in [0.25, 0.3) is 0 Å². The van der Waals surface area contributed by atoms with Crippen molar-refractivity contribution in [2.45, 2.75) is 18.2 Å². The first-order valence-electron chi connectivity index (χ1n) is 6.12. The first kappa shape index (κ1) is 14.1. The zero-order valence-corrected chi connectivity index (χ0v) is 12.2. The number of halogens is 1. The van der Waals surface area contributed by atoms with E-state index >= 15 is 0 Å². The van der Waals surface area contributed by atoms with Gasteiger partial charge in [0.05, 0.1) is 10.6 Å². The number of benzene rings is 2. The summed E-state index contributed by atoms with van der Waals surface area (Å²) in [6.07, 6.45) is 0.620. The summed E-state index contributed by atoms with van der Waals surface area (Å²) in [5.41, 5.74) is 1.82. The maximum absolute atomic E-state index is 11.9. The van der Waals surface area contributed by atoms with E-state index in [1.54, 1.807) is 24.3 Å². The summed E-state index contributed by atoms with van der Waals surface area (Å²) in [6.45, 7) is 1.86. The molecule has 0 amide bonds. The summed E-state index contributed by atoms with van der Waals surface area (Å²) < 4.78 is 23.8. The van der Waals surface area contributed by atoms with Crippen LogP contribution in [0.1, 0.15) is 13.3 Å². The van der Waals surface area contributed by atoms with E-state index in [-0.39, 0.29) is 5.75 Å². The summed E-state index contributed by atoms with van der Waals surface area (Å²) >= 11 is 6.12. The Morgan fingerprint density at radius 3 is 2.21 bits per heavy atom. The molecule has 2 aromatic carbocycles. The normalized spacial score (nSPS) is 11.5. The summed E-state index contributed by atoms with van der Waals surface area (Å²) in [5, 5.41) is 0.659. The van der Waals surface area contributed by atoms with Crippen LogP contribution in [0.25, 0.3) is 11.1 Å². The lowest BCUT2D eigenvalue weighted by Crippen LogP contribution is -2.05. The lowest BCUT2D eigenvalue weighted by atomic mass is 10.1. The van der Waals surface area contributed by atoms with E-state index in [2.05, 4.69) is 0 Å². The van der Waals surface area contributed by atoms with Crippen LogP contribution in [-0.2, 0) is 9.84 Å². The monoisotopic (exact) mass is 294 g/mol. The van der Waals surface area contributed by atoms with Gasteiger partial charge in [-0.3, -0.25) is 0 Å². The SMILES string of the molecule is CCCS(=O)(=O)c1ccc(-c2ccccc2Cl)cc1. The van der Waals surface area contributed by atoms with E-state index in [0.29, 0.717) is 16.3 Å². The van der Waals surface area contributed by atoms with Crippen molar-refractivity contribution in [2.24, 2.45) is 0 Å².